The Morgan fingerprint density at radius 2 is 2.11 bits per heavy atom. The summed E-state index contributed by atoms with van der Waals surface area (Å²) in [7, 11) is -2.01. The zero-order valence-corrected chi connectivity index (χ0v) is 13.4. The van der Waals surface area contributed by atoms with Crippen LogP contribution in [-0.2, 0) is 10.0 Å². The number of hydrogen-bond acceptors (Lipinski definition) is 3. The molecule has 1 saturated carbocycles. The lowest BCUT2D eigenvalue weighted by atomic mass is 10.2. The normalized spacial score (nSPS) is 17.7. The summed E-state index contributed by atoms with van der Waals surface area (Å²) in [5.74, 6) is 0.268. The van der Waals surface area contributed by atoms with Gasteiger partial charge >= 0.3 is 0 Å². The second-order valence-corrected chi connectivity index (χ2v) is 8.00. The van der Waals surface area contributed by atoms with Gasteiger partial charge < -0.3 is 5.11 Å². The fraction of sp³-hybridized carbons (Fsp3) is 0.538. The maximum Gasteiger partial charge on any atom is 0.242 e. The Morgan fingerprint density at radius 1 is 1.47 bits per heavy atom. The molecular weight excluding hydrogens is 330 g/mol. The topological polar surface area (TPSA) is 57.6 Å². The largest absolute Gasteiger partial charge is 0.391 e. The van der Waals surface area contributed by atoms with Crippen LogP contribution in [0.15, 0.2) is 27.6 Å². The van der Waals surface area contributed by atoms with Crippen molar-refractivity contribution >= 4 is 26.0 Å². The fourth-order valence-corrected chi connectivity index (χ4v) is 3.47. The van der Waals surface area contributed by atoms with Crippen LogP contribution in [0.25, 0.3) is 0 Å². The van der Waals surface area contributed by atoms with Crippen LogP contribution < -0.4 is 0 Å². The SMILES string of the molecule is Cc1cc(S(=O)(=O)N(C)CC(O)C2CC2)ccc1Br. The van der Waals surface area contributed by atoms with E-state index in [-0.39, 0.29) is 17.4 Å². The van der Waals surface area contributed by atoms with Gasteiger partial charge in [0.15, 0.2) is 0 Å². The highest BCUT2D eigenvalue weighted by molar-refractivity contribution is 9.10. The third kappa shape index (κ3) is 3.37. The van der Waals surface area contributed by atoms with E-state index < -0.39 is 16.1 Å². The fourth-order valence-electron chi connectivity index (χ4n) is 1.95. The molecule has 2 rings (SSSR count). The molecule has 1 atom stereocenters. The molecule has 0 spiro atoms. The Balaban J connectivity index is 2.17. The van der Waals surface area contributed by atoms with Gasteiger partial charge in [-0.3, -0.25) is 0 Å². The third-order valence-corrected chi connectivity index (χ3v) is 6.16. The number of rotatable bonds is 5. The van der Waals surface area contributed by atoms with Crippen LogP contribution in [-0.4, -0.2) is 37.5 Å². The number of aryl methyl sites for hydroxylation is 1. The van der Waals surface area contributed by atoms with Gasteiger partial charge in [0.2, 0.25) is 10.0 Å². The van der Waals surface area contributed by atoms with Gasteiger partial charge in [-0.25, -0.2) is 8.42 Å². The summed E-state index contributed by atoms with van der Waals surface area (Å²) >= 11 is 3.35. The maximum absolute atomic E-state index is 12.4. The summed E-state index contributed by atoms with van der Waals surface area (Å²) in [5, 5.41) is 9.85. The third-order valence-electron chi connectivity index (χ3n) is 3.45. The van der Waals surface area contributed by atoms with Gasteiger partial charge in [-0.15, -0.1) is 0 Å². The molecule has 6 heteroatoms. The van der Waals surface area contributed by atoms with Crippen LogP contribution in [0.5, 0.6) is 0 Å². The first-order valence-corrected chi connectivity index (χ1v) is 8.46. The van der Waals surface area contributed by atoms with Crippen LogP contribution in [0.2, 0.25) is 0 Å². The first-order chi connectivity index (χ1) is 8.82. The summed E-state index contributed by atoms with van der Waals surface area (Å²) in [6, 6.07) is 4.94. The number of likely N-dealkylation sites (N-methyl/N-ethyl adjacent to an activating group) is 1. The van der Waals surface area contributed by atoms with Crippen molar-refractivity contribution in [3.05, 3.63) is 28.2 Å². The van der Waals surface area contributed by atoms with E-state index in [1.165, 1.54) is 11.4 Å². The van der Waals surface area contributed by atoms with E-state index >= 15 is 0 Å². The second kappa shape index (κ2) is 5.52. The summed E-state index contributed by atoms with van der Waals surface area (Å²) < 4.78 is 26.9. The average Bonchev–Trinajstić information content (AvgIpc) is 3.16. The number of sulfonamides is 1. The molecule has 1 aromatic rings. The molecule has 1 N–H and O–H groups in total. The number of aliphatic hydroxyl groups is 1. The minimum Gasteiger partial charge on any atom is -0.391 e. The summed E-state index contributed by atoms with van der Waals surface area (Å²) in [4.78, 5) is 0.263. The molecular formula is C13H18BrNO3S. The molecule has 1 aliphatic carbocycles. The van der Waals surface area contributed by atoms with Crippen LogP contribution in [0.4, 0.5) is 0 Å². The van der Waals surface area contributed by atoms with Crippen molar-refractivity contribution in [2.45, 2.75) is 30.8 Å². The highest BCUT2D eigenvalue weighted by Crippen LogP contribution is 2.33. The van der Waals surface area contributed by atoms with E-state index in [2.05, 4.69) is 15.9 Å². The molecule has 0 bridgehead atoms. The van der Waals surface area contributed by atoms with Crippen LogP contribution >= 0.6 is 15.9 Å². The number of nitrogens with zero attached hydrogens (tertiary/aromatic N) is 1. The molecule has 0 heterocycles. The van der Waals surface area contributed by atoms with Crippen molar-refractivity contribution in [3.8, 4) is 0 Å². The molecule has 1 fully saturated rings. The van der Waals surface area contributed by atoms with E-state index in [0.717, 1.165) is 22.9 Å². The molecule has 1 unspecified atom stereocenters. The highest BCUT2D eigenvalue weighted by atomic mass is 79.9. The van der Waals surface area contributed by atoms with Gasteiger partial charge in [0.1, 0.15) is 0 Å². The van der Waals surface area contributed by atoms with Crippen LogP contribution in [0.3, 0.4) is 0 Å². The molecule has 1 aliphatic rings. The molecule has 1 aromatic carbocycles. The van der Waals surface area contributed by atoms with Crippen LogP contribution in [0, 0.1) is 12.8 Å². The Morgan fingerprint density at radius 3 is 2.63 bits per heavy atom. The van der Waals surface area contributed by atoms with Gasteiger partial charge in [-0.1, -0.05) is 15.9 Å². The molecule has 19 heavy (non-hydrogen) atoms. The summed E-state index contributed by atoms with van der Waals surface area (Å²) in [6.07, 6.45) is 1.43. The smallest absolute Gasteiger partial charge is 0.242 e. The number of aliphatic hydroxyl groups excluding tert-OH is 1. The first-order valence-electron chi connectivity index (χ1n) is 6.23. The van der Waals surface area contributed by atoms with Gasteiger partial charge in [0.25, 0.3) is 0 Å². The van der Waals surface area contributed by atoms with E-state index in [9.17, 15) is 13.5 Å². The summed E-state index contributed by atoms with van der Waals surface area (Å²) in [5.41, 5.74) is 0.872. The quantitative estimate of drug-likeness (QED) is 0.887. The van der Waals surface area contributed by atoms with E-state index in [0.29, 0.717) is 0 Å². The molecule has 0 radical (unpaired) electrons. The van der Waals surface area contributed by atoms with E-state index in [1.807, 2.05) is 6.92 Å². The molecule has 4 nitrogen and oxygen atoms in total. The molecule has 0 saturated heterocycles. The Hall–Kier alpha value is -0.430. The summed E-state index contributed by atoms with van der Waals surface area (Å²) in [6.45, 7) is 2.00. The Labute approximate surface area is 122 Å². The van der Waals surface area contributed by atoms with Crippen molar-refractivity contribution in [1.29, 1.82) is 0 Å². The predicted molar refractivity (Wildman–Crippen MR) is 77.4 cm³/mol. The molecule has 0 amide bonds. The van der Waals surface area contributed by atoms with Crippen molar-refractivity contribution in [2.75, 3.05) is 13.6 Å². The second-order valence-electron chi connectivity index (χ2n) is 5.10. The zero-order chi connectivity index (χ0) is 14.2. The minimum atomic E-state index is -3.53. The van der Waals surface area contributed by atoms with Gasteiger partial charge in [0, 0.05) is 18.1 Å². The lowest BCUT2D eigenvalue weighted by Crippen LogP contribution is -2.35. The van der Waals surface area contributed by atoms with Gasteiger partial charge in [0.05, 0.1) is 11.0 Å². The van der Waals surface area contributed by atoms with Crippen molar-refractivity contribution in [3.63, 3.8) is 0 Å². The first kappa shape index (κ1) is 15.0. The molecule has 0 aliphatic heterocycles. The minimum absolute atomic E-state index is 0.155. The van der Waals surface area contributed by atoms with Gasteiger partial charge in [-0.05, 0) is 49.4 Å². The Bertz CT molecular complexity index is 569. The van der Waals surface area contributed by atoms with Crippen LogP contribution in [0.1, 0.15) is 18.4 Å². The van der Waals surface area contributed by atoms with Crippen molar-refractivity contribution in [2.24, 2.45) is 5.92 Å². The highest BCUT2D eigenvalue weighted by Gasteiger charge is 2.33. The lowest BCUT2D eigenvalue weighted by Gasteiger charge is -2.20. The van der Waals surface area contributed by atoms with E-state index in [1.54, 1.807) is 18.2 Å². The number of hydrogen-bond donors (Lipinski definition) is 1. The van der Waals surface area contributed by atoms with Crippen molar-refractivity contribution < 1.29 is 13.5 Å². The Kier molecular flexibility index (Phi) is 4.35. The van der Waals surface area contributed by atoms with Gasteiger partial charge in [-0.2, -0.15) is 4.31 Å². The number of benzene rings is 1. The maximum atomic E-state index is 12.4. The monoisotopic (exact) mass is 347 g/mol. The average molecular weight is 348 g/mol. The predicted octanol–water partition coefficient (Wildman–Crippen LogP) is 2.15. The molecule has 106 valence electrons. The zero-order valence-electron chi connectivity index (χ0n) is 11.0. The lowest BCUT2D eigenvalue weighted by molar-refractivity contribution is 0.131. The van der Waals surface area contributed by atoms with E-state index in [4.69, 9.17) is 0 Å². The standard InChI is InChI=1S/C13H18BrNO3S/c1-9-7-11(5-6-12(9)14)19(17,18)15(2)8-13(16)10-3-4-10/h5-7,10,13,16H,3-4,8H2,1-2H3. The number of halogens is 1. The molecule has 0 aromatic heterocycles. The van der Waals surface area contributed by atoms with Crippen molar-refractivity contribution in [1.82, 2.24) is 4.31 Å².